The lowest BCUT2D eigenvalue weighted by Gasteiger charge is -2.13. The maximum absolute atomic E-state index is 5.56. The van der Waals surface area contributed by atoms with Crippen molar-refractivity contribution in [3.63, 3.8) is 0 Å². The standard InChI is InChI=1S/C12H18N2O/c1-9-5-6-12(10(2)14-9)13-8-11-4-3-7-15-11/h5-6,11,13H,3-4,7-8H2,1-2H3. The molecule has 3 heteroatoms. The molecule has 15 heavy (non-hydrogen) atoms. The monoisotopic (exact) mass is 206 g/mol. The lowest BCUT2D eigenvalue weighted by atomic mass is 10.2. The highest BCUT2D eigenvalue weighted by Gasteiger charge is 2.15. The summed E-state index contributed by atoms with van der Waals surface area (Å²) in [6.07, 6.45) is 2.74. The van der Waals surface area contributed by atoms with Gasteiger partial charge in [0.15, 0.2) is 0 Å². The van der Waals surface area contributed by atoms with Gasteiger partial charge in [-0.15, -0.1) is 0 Å². The first kappa shape index (κ1) is 10.4. The lowest BCUT2D eigenvalue weighted by Crippen LogP contribution is -2.19. The first-order valence-electron chi connectivity index (χ1n) is 5.55. The first-order chi connectivity index (χ1) is 7.25. The molecule has 1 aromatic heterocycles. The number of nitrogens with zero attached hydrogens (tertiary/aromatic N) is 1. The quantitative estimate of drug-likeness (QED) is 0.824. The molecule has 1 aromatic rings. The second kappa shape index (κ2) is 4.62. The Morgan fingerprint density at radius 2 is 2.33 bits per heavy atom. The van der Waals surface area contributed by atoms with Gasteiger partial charge in [0, 0.05) is 18.8 Å². The van der Waals surface area contributed by atoms with Gasteiger partial charge in [0.2, 0.25) is 0 Å². The van der Waals surface area contributed by atoms with Crippen LogP contribution >= 0.6 is 0 Å². The molecule has 0 amide bonds. The summed E-state index contributed by atoms with van der Waals surface area (Å²) >= 11 is 0. The normalized spacial score (nSPS) is 20.5. The van der Waals surface area contributed by atoms with Crippen LogP contribution in [0.4, 0.5) is 5.69 Å². The van der Waals surface area contributed by atoms with E-state index in [0.717, 1.165) is 30.2 Å². The Kier molecular flexibility index (Phi) is 3.21. The van der Waals surface area contributed by atoms with Gasteiger partial charge in [0.25, 0.3) is 0 Å². The molecular weight excluding hydrogens is 188 g/mol. The van der Waals surface area contributed by atoms with Crippen molar-refractivity contribution < 1.29 is 4.74 Å². The number of pyridine rings is 1. The van der Waals surface area contributed by atoms with E-state index < -0.39 is 0 Å². The summed E-state index contributed by atoms with van der Waals surface area (Å²) in [7, 11) is 0. The van der Waals surface area contributed by atoms with E-state index in [1.807, 2.05) is 19.9 Å². The summed E-state index contributed by atoms with van der Waals surface area (Å²) in [5, 5.41) is 3.39. The average molecular weight is 206 g/mol. The second-order valence-electron chi connectivity index (χ2n) is 4.10. The number of ether oxygens (including phenoxy) is 1. The van der Waals surface area contributed by atoms with E-state index in [0.29, 0.717) is 6.10 Å². The molecule has 0 radical (unpaired) electrons. The molecule has 2 rings (SSSR count). The van der Waals surface area contributed by atoms with Crippen LogP contribution in [0, 0.1) is 13.8 Å². The smallest absolute Gasteiger partial charge is 0.0748 e. The van der Waals surface area contributed by atoms with Gasteiger partial charge in [0.05, 0.1) is 17.5 Å². The highest BCUT2D eigenvalue weighted by atomic mass is 16.5. The van der Waals surface area contributed by atoms with E-state index in [1.165, 1.54) is 12.8 Å². The van der Waals surface area contributed by atoms with Gasteiger partial charge in [-0.3, -0.25) is 4.98 Å². The van der Waals surface area contributed by atoms with Crippen molar-refractivity contribution in [2.45, 2.75) is 32.8 Å². The van der Waals surface area contributed by atoms with Crippen molar-refractivity contribution >= 4 is 5.69 Å². The van der Waals surface area contributed by atoms with E-state index >= 15 is 0 Å². The van der Waals surface area contributed by atoms with Crippen LogP contribution in [0.15, 0.2) is 12.1 Å². The molecule has 1 unspecified atom stereocenters. The number of aryl methyl sites for hydroxylation is 2. The van der Waals surface area contributed by atoms with E-state index in [2.05, 4.69) is 16.4 Å². The van der Waals surface area contributed by atoms with Gasteiger partial charge >= 0.3 is 0 Å². The van der Waals surface area contributed by atoms with E-state index in [1.54, 1.807) is 0 Å². The fourth-order valence-corrected chi connectivity index (χ4v) is 1.90. The summed E-state index contributed by atoms with van der Waals surface area (Å²) in [4.78, 5) is 4.42. The Balaban J connectivity index is 1.92. The van der Waals surface area contributed by atoms with Crippen molar-refractivity contribution in [3.05, 3.63) is 23.5 Å². The average Bonchev–Trinajstić information content (AvgIpc) is 2.69. The van der Waals surface area contributed by atoms with Crippen LogP contribution in [0.1, 0.15) is 24.2 Å². The summed E-state index contributed by atoms with van der Waals surface area (Å²) in [6.45, 7) is 5.85. The Labute approximate surface area is 90.9 Å². The van der Waals surface area contributed by atoms with Crippen molar-refractivity contribution in [1.82, 2.24) is 4.98 Å². The number of aromatic nitrogens is 1. The van der Waals surface area contributed by atoms with Gasteiger partial charge in [-0.05, 0) is 38.8 Å². The predicted octanol–water partition coefficient (Wildman–Crippen LogP) is 2.29. The van der Waals surface area contributed by atoms with Crippen LogP contribution in [-0.2, 0) is 4.74 Å². The van der Waals surface area contributed by atoms with Gasteiger partial charge in [-0.1, -0.05) is 0 Å². The van der Waals surface area contributed by atoms with Gasteiger partial charge < -0.3 is 10.1 Å². The van der Waals surface area contributed by atoms with E-state index in [9.17, 15) is 0 Å². The van der Waals surface area contributed by atoms with Crippen molar-refractivity contribution in [2.24, 2.45) is 0 Å². The summed E-state index contributed by atoms with van der Waals surface area (Å²) in [6, 6.07) is 4.12. The third-order valence-corrected chi connectivity index (χ3v) is 2.77. The third kappa shape index (κ3) is 2.69. The summed E-state index contributed by atoms with van der Waals surface area (Å²) in [5.74, 6) is 0. The number of rotatable bonds is 3. The molecule has 0 aliphatic carbocycles. The van der Waals surface area contributed by atoms with Crippen molar-refractivity contribution in [2.75, 3.05) is 18.5 Å². The first-order valence-corrected chi connectivity index (χ1v) is 5.55. The molecule has 82 valence electrons. The molecule has 2 heterocycles. The fraction of sp³-hybridized carbons (Fsp3) is 0.583. The zero-order valence-electron chi connectivity index (χ0n) is 9.42. The van der Waals surface area contributed by atoms with Crippen molar-refractivity contribution in [1.29, 1.82) is 0 Å². The van der Waals surface area contributed by atoms with Crippen LogP contribution in [0.3, 0.4) is 0 Å². The maximum atomic E-state index is 5.56. The van der Waals surface area contributed by atoms with Gasteiger partial charge in [-0.2, -0.15) is 0 Å². The van der Waals surface area contributed by atoms with Gasteiger partial charge in [-0.25, -0.2) is 0 Å². The van der Waals surface area contributed by atoms with E-state index in [4.69, 9.17) is 4.74 Å². The highest BCUT2D eigenvalue weighted by Crippen LogP contribution is 2.16. The molecule has 3 nitrogen and oxygen atoms in total. The molecule has 1 N–H and O–H groups in total. The minimum atomic E-state index is 0.380. The molecule has 0 spiro atoms. The maximum Gasteiger partial charge on any atom is 0.0748 e. The van der Waals surface area contributed by atoms with Crippen LogP contribution in [0.2, 0.25) is 0 Å². The van der Waals surface area contributed by atoms with Crippen LogP contribution < -0.4 is 5.32 Å². The molecule has 1 atom stereocenters. The van der Waals surface area contributed by atoms with Crippen LogP contribution in [-0.4, -0.2) is 24.2 Å². The Bertz CT molecular complexity index is 332. The molecule has 1 aliphatic heterocycles. The van der Waals surface area contributed by atoms with Crippen LogP contribution in [0.5, 0.6) is 0 Å². The minimum absolute atomic E-state index is 0.380. The zero-order valence-corrected chi connectivity index (χ0v) is 9.42. The molecule has 0 bridgehead atoms. The lowest BCUT2D eigenvalue weighted by molar-refractivity contribution is 0.120. The summed E-state index contributed by atoms with van der Waals surface area (Å²) < 4.78 is 5.56. The molecule has 0 aromatic carbocycles. The molecule has 0 saturated carbocycles. The largest absolute Gasteiger partial charge is 0.381 e. The predicted molar refractivity (Wildman–Crippen MR) is 61.2 cm³/mol. The van der Waals surface area contributed by atoms with Crippen LogP contribution in [0.25, 0.3) is 0 Å². The molecule has 1 aliphatic rings. The second-order valence-corrected chi connectivity index (χ2v) is 4.10. The zero-order chi connectivity index (χ0) is 10.7. The van der Waals surface area contributed by atoms with Crippen molar-refractivity contribution in [3.8, 4) is 0 Å². The number of nitrogens with one attached hydrogen (secondary N) is 1. The fourth-order valence-electron chi connectivity index (χ4n) is 1.90. The number of hydrogen-bond acceptors (Lipinski definition) is 3. The SMILES string of the molecule is Cc1ccc(NCC2CCCO2)c(C)n1. The topological polar surface area (TPSA) is 34.1 Å². The minimum Gasteiger partial charge on any atom is -0.381 e. The highest BCUT2D eigenvalue weighted by molar-refractivity contribution is 5.47. The third-order valence-electron chi connectivity index (χ3n) is 2.77. The Hall–Kier alpha value is -1.09. The Morgan fingerprint density at radius 1 is 1.47 bits per heavy atom. The summed E-state index contributed by atoms with van der Waals surface area (Å²) in [5.41, 5.74) is 3.25. The molecule has 1 fully saturated rings. The number of anilines is 1. The Morgan fingerprint density at radius 3 is 3.00 bits per heavy atom. The molecular formula is C12H18N2O. The molecule has 1 saturated heterocycles. The van der Waals surface area contributed by atoms with Gasteiger partial charge in [0.1, 0.15) is 0 Å². The van der Waals surface area contributed by atoms with E-state index in [-0.39, 0.29) is 0 Å². The number of hydrogen-bond donors (Lipinski definition) is 1.